The van der Waals surface area contributed by atoms with Crippen LogP contribution in [0.2, 0.25) is 0 Å². The highest BCUT2D eigenvalue weighted by molar-refractivity contribution is 5.91. The fraction of sp³-hybridized carbons (Fsp3) is 0.667. The molecule has 0 saturated carbocycles. The van der Waals surface area contributed by atoms with Crippen molar-refractivity contribution in [3.8, 4) is 0 Å². The van der Waals surface area contributed by atoms with Gasteiger partial charge in [-0.05, 0) is 26.8 Å². The molecule has 0 aromatic carbocycles. The minimum atomic E-state index is -3.00. The Bertz CT molecular complexity index is 636. The van der Waals surface area contributed by atoms with Gasteiger partial charge in [0.1, 0.15) is 11.3 Å². The zero-order valence-corrected chi connectivity index (χ0v) is 15.2. The van der Waals surface area contributed by atoms with Crippen LogP contribution in [0, 0.1) is 0 Å². The molecule has 134 valence electrons. The van der Waals surface area contributed by atoms with Gasteiger partial charge in [-0.1, -0.05) is 27.2 Å². The number of pyridine rings is 1. The normalized spacial score (nSPS) is 16.9. The van der Waals surface area contributed by atoms with Crippen molar-refractivity contribution in [2.75, 3.05) is 11.4 Å². The van der Waals surface area contributed by atoms with Crippen LogP contribution < -0.4 is 4.90 Å². The number of halogens is 2. The molecule has 0 radical (unpaired) electrons. The molecule has 0 spiro atoms. The summed E-state index contributed by atoms with van der Waals surface area (Å²) in [5, 5.41) is 0. The highest BCUT2D eigenvalue weighted by atomic mass is 19.3. The zero-order chi connectivity index (χ0) is 18.3. The third kappa shape index (κ3) is 3.68. The second-order valence-corrected chi connectivity index (χ2v) is 7.99. The van der Waals surface area contributed by atoms with Gasteiger partial charge in [-0.3, -0.25) is 9.88 Å². The van der Waals surface area contributed by atoms with Crippen molar-refractivity contribution in [3.05, 3.63) is 23.5 Å². The van der Waals surface area contributed by atoms with Gasteiger partial charge in [-0.15, -0.1) is 0 Å². The number of aromatic nitrogens is 1. The minimum absolute atomic E-state index is 0.269. The van der Waals surface area contributed by atoms with E-state index in [1.165, 1.54) is 17.2 Å². The Kier molecular flexibility index (Phi) is 4.63. The van der Waals surface area contributed by atoms with E-state index in [2.05, 4.69) is 4.98 Å². The summed E-state index contributed by atoms with van der Waals surface area (Å²) in [4.78, 5) is 17.9. The summed E-state index contributed by atoms with van der Waals surface area (Å²) in [6.07, 6.45) is 1.03. The van der Waals surface area contributed by atoms with Gasteiger partial charge in [0.2, 0.25) is 0 Å². The molecule has 1 aliphatic heterocycles. The Balaban J connectivity index is 2.43. The molecule has 0 aliphatic carbocycles. The van der Waals surface area contributed by atoms with Crippen LogP contribution in [0.1, 0.15) is 65.6 Å². The molecule has 0 saturated heterocycles. The van der Waals surface area contributed by atoms with Crippen molar-refractivity contribution in [2.45, 2.75) is 71.3 Å². The van der Waals surface area contributed by atoms with Crippen LogP contribution in [-0.4, -0.2) is 23.2 Å². The fourth-order valence-electron chi connectivity index (χ4n) is 2.88. The maximum absolute atomic E-state index is 14.2. The highest BCUT2D eigenvalue weighted by Crippen LogP contribution is 2.43. The van der Waals surface area contributed by atoms with Crippen LogP contribution >= 0.6 is 0 Å². The van der Waals surface area contributed by atoms with Crippen LogP contribution in [0.15, 0.2) is 12.3 Å². The average Bonchev–Trinajstić information content (AvgIpc) is 2.69. The number of fused-ring (bicyclic) bond motifs is 1. The summed E-state index contributed by atoms with van der Waals surface area (Å²) < 4.78 is 33.9. The smallest absolute Gasteiger partial charge is 0.414 e. The van der Waals surface area contributed by atoms with E-state index in [9.17, 15) is 13.6 Å². The molecule has 1 aromatic rings. The van der Waals surface area contributed by atoms with Crippen LogP contribution in [0.4, 0.5) is 19.3 Å². The number of carbonyl (C=O) groups is 1. The molecule has 0 atom stereocenters. The highest BCUT2D eigenvalue weighted by Gasteiger charge is 2.42. The number of amides is 1. The van der Waals surface area contributed by atoms with Crippen molar-refractivity contribution in [2.24, 2.45) is 0 Å². The zero-order valence-electron chi connectivity index (χ0n) is 15.2. The molecule has 2 rings (SSSR count). The molecule has 6 heteroatoms. The van der Waals surface area contributed by atoms with Gasteiger partial charge in [-0.25, -0.2) is 4.79 Å². The maximum Gasteiger partial charge on any atom is 0.414 e. The first-order valence-corrected chi connectivity index (χ1v) is 8.27. The lowest BCUT2D eigenvalue weighted by Gasteiger charge is -2.26. The van der Waals surface area contributed by atoms with E-state index in [0.717, 1.165) is 5.56 Å². The second-order valence-electron chi connectivity index (χ2n) is 7.99. The summed E-state index contributed by atoms with van der Waals surface area (Å²) >= 11 is 0. The molecule has 1 aromatic heterocycles. The second kappa shape index (κ2) is 5.97. The molecule has 0 N–H and O–H groups in total. The van der Waals surface area contributed by atoms with Crippen LogP contribution in [-0.2, 0) is 16.1 Å². The van der Waals surface area contributed by atoms with Gasteiger partial charge in [-0.2, -0.15) is 8.78 Å². The van der Waals surface area contributed by atoms with E-state index in [-0.39, 0.29) is 17.5 Å². The number of carbonyl (C=O) groups excluding carboxylic acids is 1. The van der Waals surface area contributed by atoms with Crippen LogP contribution in [0.3, 0.4) is 0 Å². The monoisotopic (exact) mass is 340 g/mol. The van der Waals surface area contributed by atoms with E-state index in [0.29, 0.717) is 18.7 Å². The van der Waals surface area contributed by atoms with E-state index >= 15 is 0 Å². The first kappa shape index (κ1) is 18.6. The van der Waals surface area contributed by atoms with Gasteiger partial charge >= 0.3 is 6.09 Å². The van der Waals surface area contributed by atoms with Crippen molar-refractivity contribution in [3.63, 3.8) is 0 Å². The topological polar surface area (TPSA) is 42.4 Å². The quantitative estimate of drug-likeness (QED) is 0.777. The number of hydrogen-bond donors (Lipinski definition) is 0. The molecule has 4 nitrogen and oxygen atoms in total. The largest absolute Gasteiger partial charge is 0.443 e. The third-order valence-electron chi connectivity index (χ3n) is 4.01. The van der Waals surface area contributed by atoms with E-state index in [1.807, 2.05) is 13.8 Å². The Hall–Kier alpha value is -1.72. The number of rotatable bonds is 3. The van der Waals surface area contributed by atoms with Crippen molar-refractivity contribution >= 4 is 11.8 Å². The minimum Gasteiger partial charge on any atom is -0.443 e. The van der Waals surface area contributed by atoms with E-state index in [1.54, 1.807) is 27.7 Å². The standard InChI is InChI=1S/C18H26F2N2O2/c1-7-8-18(19,20)14-9-13-12(10-21-14)17(5,6)11-22(13)15(23)24-16(2,3)4/h9-10H,7-8,11H2,1-6H3. The van der Waals surface area contributed by atoms with Gasteiger partial charge in [0.25, 0.3) is 5.92 Å². The number of anilines is 1. The lowest BCUT2D eigenvalue weighted by molar-refractivity contribution is -0.0184. The molecular weight excluding hydrogens is 314 g/mol. The predicted molar refractivity (Wildman–Crippen MR) is 89.6 cm³/mol. The summed E-state index contributed by atoms with van der Waals surface area (Å²) in [5.74, 6) is -3.00. The van der Waals surface area contributed by atoms with E-state index in [4.69, 9.17) is 4.74 Å². The summed E-state index contributed by atoms with van der Waals surface area (Å²) in [6.45, 7) is 11.3. The Labute approximate surface area is 142 Å². The van der Waals surface area contributed by atoms with Crippen molar-refractivity contribution in [1.82, 2.24) is 4.98 Å². The SMILES string of the molecule is CCCC(F)(F)c1cc2c(cn1)C(C)(C)CN2C(=O)OC(C)(C)C. The molecule has 1 aliphatic rings. The summed E-state index contributed by atoms with van der Waals surface area (Å²) in [5.41, 5.74) is -0.0575. The molecule has 0 fully saturated rings. The number of hydrogen-bond acceptors (Lipinski definition) is 3. The Morgan fingerprint density at radius 3 is 2.54 bits per heavy atom. The van der Waals surface area contributed by atoms with Gasteiger partial charge in [0.15, 0.2) is 0 Å². The van der Waals surface area contributed by atoms with Gasteiger partial charge in [0.05, 0.1) is 5.69 Å². The Morgan fingerprint density at radius 1 is 1.38 bits per heavy atom. The van der Waals surface area contributed by atoms with Gasteiger partial charge in [0, 0.05) is 30.1 Å². The summed E-state index contributed by atoms with van der Waals surface area (Å²) in [7, 11) is 0. The fourth-order valence-corrected chi connectivity index (χ4v) is 2.88. The van der Waals surface area contributed by atoms with Crippen LogP contribution in [0.5, 0.6) is 0 Å². The first-order valence-electron chi connectivity index (χ1n) is 8.27. The van der Waals surface area contributed by atoms with Crippen molar-refractivity contribution in [1.29, 1.82) is 0 Å². The lowest BCUT2D eigenvalue weighted by atomic mass is 9.88. The average molecular weight is 340 g/mol. The molecule has 1 amide bonds. The molecule has 0 unspecified atom stereocenters. The lowest BCUT2D eigenvalue weighted by Crippen LogP contribution is -2.38. The molecular formula is C18H26F2N2O2. The predicted octanol–water partition coefficient (Wildman–Crippen LogP) is 5.01. The number of alkyl halides is 2. The number of ether oxygens (including phenoxy) is 1. The molecule has 0 bridgehead atoms. The first-order chi connectivity index (χ1) is 10.9. The molecule has 2 heterocycles. The van der Waals surface area contributed by atoms with Crippen molar-refractivity contribution < 1.29 is 18.3 Å². The third-order valence-corrected chi connectivity index (χ3v) is 4.01. The summed E-state index contributed by atoms with van der Waals surface area (Å²) in [6, 6.07) is 1.34. The van der Waals surface area contributed by atoms with Gasteiger partial charge < -0.3 is 4.74 Å². The molecule has 24 heavy (non-hydrogen) atoms. The van der Waals surface area contributed by atoms with Crippen LogP contribution in [0.25, 0.3) is 0 Å². The number of nitrogens with zero attached hydrogens (tertiary/aromatic N) is 2. The maximum atomic E-state index is 14.2. The Morgan fingerprint density at radius 2 is 2.00 bits per heavy atom. The van der Waals surface area contributed by atoms with E-state index < -0.39 is 17.6 Å².